The van der Waals surface area contributed by atoms with Crippen LogP contribution in [-0.4, -0.2) is 15.0 Å². The SMILES string of the molecule is CC1(C)c2ccccc2Sc2cc(-c3nc(-c4ccccc4)nc(-c4ccc(-c5ccccc5)c5ccccc45)n3)ccc21. The van der Waals surface area contributed by atoms with Crippen LogP contribution in [0.15, 0.2) is 149 Å². The van der Waals surface area contributed by atoms with Gasteiger partial charge in [0, 0.05) is 31.9 Å². The molecular formula is C40H29N3S. The Kier molecular flexibility index (Phi) is 6.39. The minimum atomic E-state index is -0.0887. The van der Waals surface area contributed by atoms with E-state index < -0.39 is 0 Å². The average molecular weight is 584 g/mol. The molecular weight excluding hydrogens is 555 g/mol. The second kappa shape index (κ2) is 10.6. The maximum Gasteiger partial charge on any atom is 0.164 e. The molecule has 3 nitrogen and oxygen atoms in total. The molecule has 1 aliphatic rings. The van der Waals surface area contributed by atoms with Crippen LogP contribution in [0.4, 0.5) is 0 Å². The van der Waals surface area contributed by atoms with Gasteiger partial charge in [-0.25, -0.2) is 15.0 Å². The summed E-state index contributed by atoms with van der Waals surface area (Å²) >= 11 is 1.82. The molecule has 0 fully saturated rings. The molecule has 44 heavy (non-hydrogen) atoms. The topological polar surface area (TPSA) is 38.7 Å². The normalized spacial score (nSPS) is 13.3. The summed E-state index contributed by atoms with van der Waals surface area (Å²) in [7, 11) is 0. The Morgan fingerprint density at radius 1 is 0.432 bits per heavy atom. The third kappa shape index (κ3) is 4.50. The van der Waals surface area contributed by atoms with Crippen molar-refractivity contribution in [3.05, 3.63) is 151 Å². The second-order valence-electron chi connectivity index (χ2n) is 11.7. The zero-order chi connectivity index (χ0) is 29.7. The van der Waals surface area contributed by atoms with Crippen molar-refractivity contribution >= 4 is 22.5 Å². The van der Waals surface area contributed by atoms with Crippen LogP contribution < -0.4 is 0 Å². The highest BCUT2D eigenvalue weighted by Gasteiger charge is 2.33. The van der Waals surface area contributed by atoms with Crippen LogP contribution in [0.3, 0.4) is 0 Å². The van der Waals surface area contributed by atoms with E-state index in [1.165, 1.54) is 37.4 Å². The molecule has 0 N–H and O–H groups in total. The van der Waals surface area contributed by atoms with Crippen LogP contribution in [-0.2, 0) is 5.41 Å². The van der Waals surface area contributed by atoms with E-state index in [-0.39, 0.29) is 5.41 Å². The lowest BCUT2D eigenvalue weighted by molar-refractivity contribution is 0.607. The first-order valence-electron chi connectivity index (χ1n) is 14.9. The molecule has 0 unspecified atom stereocenters. The summed E-state index contributed by atoms with van der Waals surface area (Å²) in [4.78, 5) is 17.8. The fraction of sp³-hybridized carbons (Fsp3) is 0.0750. The monoisotopic (exact) mass is 583 g/mol. The molecule has 1 aliphatic heterocycles. The first-order valence-corrected chi connectivity index (χ1v) is 15.7. The van der Waals surface area contributed by atoms with Gasteiger partial charge in [0.1, 0.15) is 0 Å². The van der Waals surface area contributed by atoms with Crippen molar-refractivity contribution in [3.8, 4) is 45.3 Å². The van der Waals surface area contributed by atoms with E-state index in [2.05, 4.69) is 135 Å². The van der Waals surface area contributed by atoms with Gasteiger partial charge in [-0.1, -0.05) is 147 Å². The number of aromatic nitrogens is 3. The lowest BCUT2D eigenvalue weighted by Gasteiger charge is -2.34. The van der Waals surface area contributed by atoms with Gasteiger partial charge in [-0.05, 0) is 51.2 Å². The van der Waals surface area contributed by atoms with E-state index in [0.29, 0.717) is 17.5 Å². The van der Waals surface area contributed by atoms with E-state index >= 15 is 0 Å². The lowest BCUT2D eigenvalue weighted by atomic mass is 9.77. The van der Waals surface area contributed by atoms with Crippen molar-refractivity contribution in [2.24, 2.45) is 0 Å². The van der Waals surface area contributed by atoms with Gasteiger partial charge in [-0.15, -0.1) is 0 Å². The first kappa shape index (κ1) is 26.6. The molecule has 1 aromatic heterocycles. The Labute approximate surface area is 261 Å². The van der Waals surface area contributed by atoms with Crippen LogP contribution in [0.2, 0.25) is 0 Å². The molecule has 0 atom stereocenters. The summed E-state index contributed by atoms with van der Waals surface area (Å²) in [6, 6.07) is 49.0. The largest absolute Gasteiger partial charge is 0.208 e. The summed E-state index contributed by atoms with van der Waals surface area (Å²) in [6.45, 7) is 4.62. The third-order valence-electron chi connectivity index (χ3n) is 8.61. The molecule has 0 amide bonds. The summed E-state index contributed by atoms with van der Waals surface area (Å²) in [5.41, 5.74) is 7.92. The zero-order valence-corrected chi connectivity index (χ0v) is 25.3. The minimum absolute atomic E-state index is 0.0887. The molecule has 210 valence electrons. The lowest BCUT2D eigenvalue weighted by Crippen LogP contribution is -2.23. The van der Waals surface area contributed by atoms with Gasteiger partial charge in [0.05, 0.1) is 0 Å². The van der Waals surface area contributed by atoms with Gasteiger partial charge >= 0.3 is 0 Å². The molecule has 6 aromatic carbocycles. The summed E-state index contributed by atoms with van der Waals surface area (Å²) < 4.78 is 0. The molecule has 0 aliphatic carbocycles. The maximum absolute atomic E-state index is 5.15. The van der Waals surface area contributed by atoms with Gasteiger partial charge in [0.2, 0.25) is 0 Å². The fourth-order valence-electron chi connectivity index (χ4n) is 6.30. The number of fused-ring (bicyclic) bond motifs is 3. The number of hydrogen-bond donors (Lipinski definition) is 0. The van der Waals surface area contributed by atoms with Gasteiger partial charge < -0.3 is 0 Å². The third-order valence-corrected chi connectivity index (χ3v) is 9.74. The van der Waals surface area contributed by atoms with E-state index in [1.807, 2.05) is 30.0 Å². The van der Waals surface area contributed by atoms with Crippen molar-refractivity contribution < 1.29 is 0 Å². The molecule has 0 spiro atoms. The van der Waals surface area contributed by atoms with Gasteiger partial charge in [0.15, 0.2) is 17.5 Å². The van der Waals surface area contributed by atoms with Crippen molar-refractivity contribution in [3.63, 3.8) is 0 Å². The maximum atomic E-state index is 5.15. The Hall–Kier alpha value is -5.06. The Morgan fingerprint density at radius 3 is 1.73 bits per heavy atom. The van der Waals surface area contributed by atoms with Crippen molar-refractivity contribution in [2.75, 3.05) is 0 Å². The van der Waals surface area contributed by atoms with Gasteiger partial charge in [-0.3, -0.25) is 0 Å². The van der Waals surface area contributed by atoms with Crippen molar-refractivity contribution in [2.45, 2.75) is 29.1 Å². The number of hydrogen-bond acceptors (Lipinski definition) is 4. The number of nitrogens with zero attached hydrogens (tertiary/aromatic N) is 3. The summed E-state index contributed by atoms with van der Waals surface area (Å²) in [6.07, 6.45) is 0. The predicted molar refractivity (Wildman–Crippen MR) is 182 cm³/mol. The van der Waals surface area contributed by atoms with Crippen LogP contribution >= 0.6 is 11.8 Å². The molecule has 0 bridgehead atoms. The van der Waals surface area contributed by atoms with Crippen LogP contribution in [0.5, 0.6) is 0 Å². The summed E-state index contributed by atoms with van der Waals surface area (Å²) in [5.74, 6) is 2.00. The summed E-state index contributed by atoms with van der Waals surface area (Å²) in [5, 5.41) is 2.29. The molecule has 0 saturated heterocycles. The molecule has 8 rings (SSSR count). The Morgan fingerprint density at radius 2 is 0.977 bits per heavy atom. The van der Waals surface area contributed by atoms with Crippen LogP contribution in [0, 0.1) is 0 Å². The molecule has 0 saturated carbocycles. The van der Waals surface area contributed by atoms with E-state index in [4.69, 9.17) is 15.0 Å². The van der Waals surface area contributed by atoms with E-state index in [9.17, 15) is 0 Å². The number of benzene rings is 6. The van der Waals surface area contributed by atoms with Crippen molar-refractivity contribution in [1.29, 1.82) is 0 Å². The van der Waals surface area contributed by atoms with E-state index in [0.717, 1.165) is 22.1 Å². The Balaban J connectivity index is 1.31. The highest BCUT2D eigenvalue weighted by Crippen LogP contribution is 2.49. The predicted octanol–water partition coefficient (Wildman–Crippen LogP) is 10.5. The highest BCUT2D eigenvalue weighted by atomic mass is 32.2. The second-order valence-corrected chi connectivity index (χ2v) is 12.8. The molecule has 0 radical (unpaired) electrons. The van der Waals surface area contributed by atoms with Gasteiger partial charge in [-0.2, -0.15) is 0 Å². The molecule has 2 heterocycles. The fourth-order valence-corrected chi connectivity index (χ4v) is 7.74. The molecule has 4 heteroatoms. The standard InChI is InChI=1S/C40H29N3S/c1-40(2)33-19-11-12-20-35(33)44-36-25-28(21-24-34(36)40)38-41-37(27-15-7-4-8-16-27)42-39(43-38)32-23-22-29(26-13-5-3-6-14-26)30-17-9-10-18-31(30)32/h3-25H,1-2H3. The number of rotatable bonds is 4. The van der Waals surface area contributed by atoms with E-state index in [1.54, 1.807) is 0 Å². The molecule has 7 aromatic rings. The van der Waals surface area contributed by atoms with Crippen LogP contribution in [0.1, 0.15) is 25.0 Å². The van der Waals surface area contributed by atoms with Crippen LogP contribution in [0.25, 0.3) is 56.1 Å². The highest BCUT2D eigenvalue weighted by molar-refractivity contribution is 7.99. The minimum Gasteiger partial charge on any atom is -0.208 e. The average Bonchev–Trinajstić information content (AvgIpc) is 3.08. The van der Waals surface area contributed by atoms with Gasteiger partial charge in [0.25, 0.3) is 0 Å². The smallest absolute Gasteiger partial charge is 0.164 e. The van der Waals surface area contributed by atoms with Crippen molar-refractivity contribution in [1.82, 2.24) is 15.0 Å². The zero-order valence-electron chi connectivity index (χ0n) is 24.5. The Bertz CT molecular complexity index is 2170. The first-order chi connectivity index (χ1) is 21.6. The quantitative estimate of drug-likeness (QED) is 0.207.